The van der Waals surface area contributed by atoms with Gasteiger partial charge < -0.3 is 4.98 Å². The Labute approximate surface area is 166 Å². The molecule has 1 heterocycles. The standard InChI is InChI=1S/C22H16F2N2O2S/c1-29(27,28)19-12-6-15(7-13-19)21-20(14-2-8-17(23)9-3-14)25-22(26-21)16-4-10-18(24)11-5-16/h2-13H,1H3,(H,25,26). The van der Waals surface area contributed by atoms with Crippen molar-refractivity contribution >= 4 is 9.84 Å². The molecular weight excluding hydrogens is 394 g/mol. The first-order valence-electron chi connectivity index (χ1n) is 8.73. The fourth-order valence-electron chi connectivity index (χ4n) is 3.01. The molecule has 0 aliphatic heterocycles. The summed E-state index contributed by atoms with van der Waals surface area (Å²) < 4.78 is 50.1. The van der Waals surface area contributed by atoms with Crippen LogP contribution in [-0.4, -0.2) is 24.6 Å². The zero-order chi connectivity index (χ0) is 20.6. The highest BCUT2D eigenvalue weighted by molar-refractivity contribution is 7.90. The molecule has 4 nitrogen and oxygen atoms in total. The third-order valence-corrected chi connectivity index (χ3v) is 5.64. The van der Waals surface area contributed by atoms with E-state index in [2.05, 4.69) is 9.97 Å². The van der Waals surface area contributed by atoms with E-state index in [1.807, 2.05) is 0 Å². The molecule has 4 aromatic rings. The molecule has 1 aromatic heterocycles. The number of nitrogens with zero attached hydrogens (tertiary/aromatic N) is 1. The smallest absolute Gasteiger partial charge is 0.175 e. The summed E-state index contributed by atoms with van der Waals surface area (Å²) in [5.74, 6) is -0.187. The quantitative estimate of drug-likeness (QED) is 0.510. The second kappa shape index (κ2) is 7.25. The van der Waals surface area contributed by atoms with Crippen molar-refractivity contribution in [3.8, 4) is 33.9 Å². The number of aromatic nitrogens is 2. The Balaban J connectivity index is 1.86. The van der Waals surface area contributed by atoms with Crippen LogP contribution in [0.5, 0.6) is 0 Å². The maximum Gasteiger partial charge on any atom is 0.175 e. The van der Waals surface area contributed by atoms with Gasteiger partial charge in [-0.3, -0.25) is 0 Å². The average molecular weight is 410 g/mol. The van der Waals surface area contributed by atoms with Gasteiger partial charge in [0, 0.05) is 22.9 Å². The number of nitrogens with one attached hydrogen (secondary N) is 1. The Hall–Kier alpha value is -3.32. The average Bonchev–Trinajstić information content (AvgIpc) is 3.14. The van der Waals surface area contributed by atoms with Crippen LogP contribution in [0.4, 0.5) is 8.78 Å². The van der Waals surface area contributed by atoms with Crippen LogP contribution < -0.4 is 0 Å². The topological polar surface area (TPSA) is 62.8 Å². The minimum atomic E-state index is -3.32. The summed E-state index contributed by atoms with van der Waals surface area (Å²) in [6.07, 6.45) is 1.15. The molecule has 0 aliphatic rings. The predicted octanol–water partition coefficient (Wildman–Crippen LogP) is 5.09. The van der Waals surface area contributed by atoms with Gasteiger partial charge in [0.2, 0.25) is 0 Å². The number of H-pyrrole nitrogens is 1. The number of halogens is 2. The molecule has 3 aromatic carbocycles. The fraction of sp³-hybridized carbons (Fsp3) is 0.0455. The first-order chi connectivity index (χ1) is 13.8. The van der Waals surface area contributed by atoms with Crippen LogP contribution in [0.1, 0.15) is 0 Å². The van der Waals surface area contributed by atoms with Crippen molar-refractivity contribution in [3.05, 3.63) is 84.4 Å². The SMILES string of the molecule is CS(=O)(=O)c1ccc(-c2nc(-c3ccc(F)cc3)[nH]c2-c2ccc(F)cc2)cc1. The monoisotopic (exact) mass is 410 g/mol. The molecule has 1 N–H and O–H groups in total. The van der Waals surface area contributed by atoms with Gasteiger partial charge in [-0.2, -0.15) is 0 Å². The molecule has 146 valence electrons. The van der Waals surface area contributed by atoms with E-state index in [1.54, 1.807) is 36.4 Å². The summed E-state index contributed by atoms with van der Waals surface area (Å²) in [6, 6.07) is 18.3. The van der Waals surface area contributed by atoms with E-state index in [0.29, 0.717) is 28.3 Å². The molecule has 0 spiro atoms. The number of imidazole rings is 1. The van der Waals surface area contributed by atoms with Gasteiger partial charge in [0.05, 0.1) is 16.3 Å². The fourth-order valence-corrected chi connectivity index (χ4v) is 3.64. The number of benzene rings is 3. The van der Waals surface area contributed by atoms with Gasteiger partial charge >= 0.3 is 0 Å². The van der Waals surface area contributed by atoms with E-state index in [0.717, 1.165) is 11.8 Å². The maximum atomic E-state index is 13.4. The van der Waals surface area contributed by atoms with Gasteiger partial charge in [-0.05, 0) is 60.7 Å². The molecule has 0 fully saturated rings. The lowest BCUT2D eigenvalue weighted by Gasteiger charge is -2.04. The number of rotatable bonds is 4. The lowest BCUT2D eigenvalue weighted by atomic mass is 10.1. The number of hydrogen-bond acceptors (Lipinski definition) is 3. The van der Waals surface area contributed by atoms with Crippen LogP contribution in [0.2, 0.25) is 0 Å². The van der Waals surface area contributed by atoms with Crippen molar-refractivity contribution < 1.29 is 17.2 Å². The van der Waals surface area contributed by atoms with Gasteiger partial charge in [-0.25, -0.2) is 22.2 Å². The second-order valence-electron chi connectivity index (χ2n) is 6.62. The molecule has 0 saturated heterocycles. The van der Waals surface area contributed by atoms with Crippen LogP contribution in [0, 0.1) is 11.6 Å². The summed E-state index contributed by atoms with van der Waals surface area (Å²) in [4.78, 5) is 8.08. The highest BCUT2D eigenvalue weighted by Gasteiger charge is 2.16. The van der Waals surface area contributed by atoms with Crippen LogP contribution in [0.25, 0.3) is 33.9 Å². The zero-order valence-electron chi connectivity index (χ0n) is 15.4. The van der Waals surface area contributed by atoms with Crippen molar-refractivity contribution in [2.24, 2.45) is 0 Å². The first-order valence-corrected chi connectivity index (χ1v) is 10.6. The lowest BCUT2D eigenvalue weighted by Crippen LogP contribution is -1.96. The van der Waals surface area contributed by atoms with Crippen LogP contribution in [0.15, 0.2) is 77.7 Å². The summed E-state index contributed by atoms with van der Waals surface area (Å²) in [5, 5.41) is 0. The van der Waals surface area contributed by atoms with E-state index in [4.69, 9.17) is 0 Å². The molecule has 0 bridgehead atoms. The Bertz CT molecular complexity index is 1260. The van der Waals surface area contributed by atoms with E-state index < -0.39 is 9.84 Å². The Morgan fingerprint density at radius 2 is 1.21 bits per heavy atom. The van der Waals surface area contributed by atoms with Crippen LogP contribution in [-0.2, 0) is 9.84 Å². The van der Waals surface area contributed by atoms with Crippen LogP contribution in [0.3, 0.4) is 0 Å². The summed E-state index contributed by atoms with van der Waals surface area (Å²) in [5.41, 5.74) is 3.33. The van der Waals surface area contributed by atoms with Gasteiger partial charge in [0.15, 0.2) is 9.84 Å². The summed E-state index contributed by atoms with van der Waals surface area (Å²) in [6.45, 7) is 0. The highest BCUT2D eigenvalue weighted by atomic mass is 32.2. The van der Waals surface area contributed by atoms with E-state index in [-0.39, 0.29) is 16.5 Å². The molecule has 0 amide bonds. The van der Waals surface area contributed by atoms with E-state index in [9.17, 15) is 17.2 Å². The number of hydrogen-bond donors (Lipinski definition) is 1. The Morgan fingerprint density at radius 3 is 1.72 bits per heavy atom. The number of sulfone groups is 1. The van der Waals surface area contributed by atoms with Crippen molar-refractivity contribution in [1.82, 2.24) is 9.97 Å². The summed E-state index contributed by atoms with van der Waals surface area (Å²) in [7, 11) is -3.32. The van der Waals surface area contributed by atoms with Crippen molar-refractivity contribution in [2.75, 3.05) is 6.26 Å². The van der Waals surface area contributed by atoms with Crippen molar-refractivity contribution in [1.29, 1.82) is 0 Å². The molecule has 4 rings (SSSR count). The Kier molecular flexibility index (Phi) is 4.76. The van der Waals surface area contributed by atoms with E-state index >= 15 is 0 Å². The third-order valence-electron chi connectivity index (χ3n) is 4.51. The zero-order valence-corrected chi connectivity index (χ0v) is 16.2. The van der Waals surface area contributed by atoms with Gasteiger partial charge in [-0.1, -0.05) is 12.1 Å². The van der Waals surface area contributed by atoms with Gasteiger partial charge in [-0.15, -0.1) is 0 Å². The lowest BCUT2D eigenvalue weighted by molar-refractivity contribution is 0.602. The molecule has 0 unspecified atom stereocenters. The molecule has 0 atom stereocenters. The molecule has 0 saturated carbocycles. The van der Waals surface area contributed by atoms with Crippen molar-refractivity contribution in [3.63, 3.8) is 0 Å². The van der Waals surface area contributed by atoms with Gasteiger partial charge in [0.1, 0.15) is 17.5 Å². The Morgan fingerprint density at radius 1 is 0.724 bits per heavy atom. The molecule has 7 heteroatoms. The molecule has 0 radical (unpaired) electrons. The number of aromatic amines is 1. The second-order valence-corrected chi connectivity index (χ2v) is 8.64. The minimum absolute atomic E-state index is 0.207. The van der Waals surface area contributed by atoms with E-state index in [1.165, 1.54) is 36.4 Å². The first kappa shape index (κ1) is 19.0. The normalized spacial score (nSPS) is 11.6. The molecular formula is C22H16F2N2O2S. The minimum Gasteiger partial charge on any atom is -0.337 e. The van der Waals surface area contributed by atoms with Crippen molar-refractivity contribution in [2.45, 2.75) is 4.90 Å². The third kappa shape index (κ3) is 3.95. The van der Waals surface area contributed by atoms with Gasteiger partial charge in [0.25, 0.3) is 0 Å². The highest BCUT2D eigenvalue weighted by Crippen LogP contribution is 2.33. The molecule has 0 aliphatic carbocycles. The predicted molar refractivity (Wildman–Crippen MR) is 108 cm³/mol. The van der Waals surface area contributed by atoms with Crippen LogP contribution >= 0.6 is 0 Å². The summed E-state index contributed by atoms with van der Waals surface area (Å²) >= 11 is 0. The largest absolute Gasteiger partial charge is 0.337 e. The maximum absolute atomic E-state index is 13.4. The molecule has 29 heavy (non-hydrogen) atoms.